The maximum Gasteiger partial charge on any atom is 0.229 e. The molecule has 688 valence electrons. The van der Waals surface area contributed by atoms with Gasteiger partial charge in [0.25, 0.3) is 0 Å². The number of nitrogens with one attached hydrogen (secondary N) is 1. The molecule has 0 amide bonds. The Morgan fingerprint density at radius 2 is 0.803 bits per heavy atom. The van der Waals surface area contributed by atoms with E-state index < -0.39 is 0 Å². The van der Waals surface area contributed by atoms with E-state index in [1.807, 2.05) is 50.6 Å². The Bertz CT molecular complexity index is 6310. The molecule has 0 saturated carbocycles. The van der Waals surface area contributed by atoms with Crippen LogP contribution in [0.1, 0.15) is 196 Å². The third-order valence-electron chi connectivity index (χ3n) is 25.9. The number of aliphatic hydroxyl groups is 3. The van der Waals surface area contributed by atoms with Crippen molar-refractivity contribution in [3.8, 4) is 34.2 Å². The molecule has 0 atom stereocenters. The normalized spacial score (nSPS) is 18.1. The van der Waals surface area contributed by atoms with E-state index in [2.05, 4.69) is 266 Å². The lowest BCUT2D eigenvalue weighted by Gasteiger charge is -2.39. The summed E-state index contributed by atoms with van der Waals surface area (Å²) in [4.78, 5) is 77.1. The van der Waals surface area contributed by atoms with Gasteiger partial charge in [0.1, 0.15) is 40.6 Å². The van der Waals surface area contributed by atoms with Crippen molar-refractivity contribution in [1.29, 1.82) is 0 Å². The van der Waals surface area contributed by atoms with Crippen LogP contribution in [0.15, 0.2) is 218 Å². The molecule has 9 aliphatic rings. The Morgan fingerprint density at radius 1 is 0.417 bits per heavy atom. The van der Waals surface area contributed by atoms with Gasteiger partial charge in [0.15, 0.2) is 29.1 Å². The largest absolute Gasteiger partial charge is 0.510 e. The van der Waals surface area contributed by atoms with E-state index in [-0.39, 0.29) is 51.3 Å². The number of rotatable bonds is 12. The highest BCUT2D eigenvalue weighted by Gasteiger charge is 2.36. The van der Waals surface area contributed by atoms with Gasteiger partial charge in [-0.2, -0.15) is 19.9 Å². The number of fused-ring (bicyclic) bond motifs is 4. The molecule has 24 nitrogen and oxygen atoms in total. The van der Waals surface area contributed by atoms with Crippen LogP contribution in [0.25, 0.3) is 52.4 Å². The van der Waals surface area contributed by atoms with Gasteiger partial charge in [-0.05, 0) is 182 Å². The zero-order chi connectivity index (χ0) is 93.1. The summed E-state index contributed by atoms with van der Waals surface area (Å²) in [7, 11) is 2.15. The van der Waals surface area contributed by atoms with Crippen molar-refractivity contribution in [2.75, 3.05) is 76.2 Å². The molecule has 10 aromatic rings. The quantitative estimate of drug-likeness (QED) is 0.0886. The highest BCUT2D eigenvalue weighted by atomic mass is 35.5. The summed E-state index contributed by atoms with van der Waals surface area (Å²) in [6.45, 7) is 40.7. The highest BCUT2D eigenvalue weighted by Crippen LogP contribution is 2.35. The van der Waals surface area contributed by atoms with E-state index in [0.29, 0.717) is 107 Å². The Morgan fingerprint density at radius 3 is 1.21 bits per heavy atom. The van der Waals surface area contributed by atoms with Crippen LogP contribution >= 0.6 is 23.2 Å². The van der Waals surface area contributed by atoms with E-state index in [9.17, 15) is 20.1 Å². The molecular weight excluding hydrogens is 1690 g/mol. The second-order valence-corrected chi connectivity index (χ2v) is 41.2. The highest BCUT2D eigenvalue weighted by molar-refractivity contribution is 6.31. The number of ketones is 1. The van der Waals surface area contributed by atoms with Crippen molar-refractivity contribution in [2.45, 2.75) is 220 Å². The number of carbonyl (C=O) groups excluding carboxylic acids is 1. The van der Waals surface area contributed by atoms with Crippen LogP contribution in [0, 0.1) is 13.8 Å². The van der Waals surface area contributed by atoms with Gasteiger partial charge >= 0.3 is 0 Å². The van der Waals surface area contributed by atoms with Gasteiger partial charge in [0.2, 0.25) is 22.8 Å². The number of allylic oxidation sites excluding steroid dienone is 3. The molecule has 0 unspecified atom stereocenters. The van der Waals surface area contributed by atoms with Crippen LogP contribution in [0.3, 0.4) is 0 Å². The molecule has 0 aliphatic carbocycles. The number of carbonyl (C=O) groups is 1. The summed E-state index contributed by atoms with van der Waals surface area (Å²) >= 11 is 12.4. The average Bonchev–Trinajstić information content (AvgIpc) is 1.50. The maximum atomic E-state index is 12.3. The fourth-order valence-corrected chi connectivity index (χ4v) is 18.0. The second-order valence-electron chi connectivity index (χ2n) is 40.4. The second kappa shape index (κ2) is 39.5. The third kappa shape index (κ3) is 22.8. The summed E-state index contributed by atoms with van der Waals surface area (Å²) in [5.41, 5.74) is 17.1. The van der Waals surface area contributed by atoms with Crippen molar-refractivity contribution in [3.63, 3.8) is 0 Å². The number of piperidine rings is 4. The molecule has 3 aromatic heterocycles. The summed E-state index contributed by atoms with van der Waals surface area (Å²) < 4.78 is 5.72. The van der Waals surface area contributed by atoms with E-state index in [4.69, 9.17) is 73.1 Å². The minimum atomic E-state index is 0.0652. The van der Waals surface area contributed by atoms with Crippen LogP contribution in [0.4, 0.5) is 11.4 Å². The topological polar surface area (TPSA) is 260 Å². The van der Waals surface area contributed by atoms with E-state index in [1.165, 1.54) is 33.5 Å². The first kappa shape index (κ1) is 93.3. The van der Waals surface area contributed by atoms with Gasteiger partial charge in [-0.3, -0.25) is 28.3 Å². The predicted molar refractivity (Wildman–Crippen MR) is 531 cm³/mol. The van der Waals surface area contributed by atoms with Gasteiger partial charge in [-0.15, -0.1) is 0 Å². The molecule has 12 heterocycles. The number of hydrogen-bond donors (Lipinski definition) is 4. The Labute approximate surface area is 786 Å². The van der Waals surface area contributed by atoms with Crippen LogP contribution in [-0.2, 0) is 52.6 Å². The lowest BCUT2D eigenvalue weighted by molar-refractivity contribution is -0.113. The molecule has 4 fully saturated rings. The number of halogens is 2. The monoisotopic (exact) mass is 1810 g/mol. The van der Waals surface area contributed by atoms with Gasteiger partial charge in [0, 0.05) is 120 Å². The zero-order valence-corrected chi connectivity index (χ0v) is 80.6. The number of aromatic nitrogens is 9. The first-order valence-corrected chi connectivity index (χ1v) is 47.4. The van der Waals surface area contributed by atoms with Gasteiger partial charge in [-0.1, -0.05) is 234 Å². The molecule has 26 heteroatoms. The summed E-state index contributed by atoms with van der Waals surface area (Å²) in [5, 5.41) is 35.6. The molecule has 7 aromatic carbocycles. The zero-order valence-electron chi connectivity index (χ0n) is 79.1. The minimum absolute atomic E-state index is 0.0652. The van der Waals surface area contributed by atoms with Crippen molar-refractivity contribution < 1.29 is 20.1 Å². The number of benzene rings is 7. The minimum Gasteiger partial charge on any atom is -0.510 e. The lowest BCUT2D eigenvalue weighted by atomic mass is 9.86. The average molecular weight is 1820 g/mol. The summed E-state index contributed by atoms with van der Waals surface area (Å²) in [5.74, 6) is 7.18. The Hall–Kier alpha value is -12.0. The van der Waals surface area contributed by atoms with Crippen molar-refractivity contribution >= 4 is 70.4 Å². The molecule has 4 N–H and O–H groups in total. The van der Waals surface area contributed by atoms with Crippen molar-refractivity contribution in [1.82, 2.24) is 63.2 Å². The number of anilines is 2. The number of hydrogen-bond acceptors (Lipinski definition) is 21. The predicted octanol–water partition coefficient (Wildman–Crippen LogP) is 18.9. The number of aliphatic imine (C=N–C) groups is 2. The van der Waals surface area contributed by atoms with Crippen LogP contribution < -0.4 is 27.1 Å². The first-order valence-electron chi connectivity index (χ1n) is 46.6. The van der Waals surface area contributed by atoms with E-state index in [0.717, 1.165) is 165 Å². The fraction of sp³-hybridized carbons (Fsp3) is 0.415. The van der Waals surface area contributed by atoms with Crippen LogP contribution in [0.2, 0.25) is 10.0 Å². The molecule has 19 rings (SSSR count). The SMILES string of the molecule is CC(C)(C)c1ccc(-c2nc3n(c(=NC4CCN(Cc5ccccc5)CC4)n2)CC(O)=C3)cc1.CN1CCC(N=c2nc(-c3ccc(C(C)(C)C)cc3)nc3n2CC(O)=C3)CC1.Cc1cc(N2CCC(N=c3nc(-c4ccc(C(C)(C)C)cc4)nc4n3CC(O)=C4)CC2)ccc1Cl.Cc1cc(NC2CCN(C3=NC(c4ccc(C(C)(C)C)cc4)=NC4=CC(=O)CN43)CC2)ccc1Cl. The molecule has 4 saturated heterocycles. The molecule has 0 radical (unpaired) electrons. The first-order chi connectivity index (χ1) is 63.0. The standard InChI is InChI=1S/2C28H32ClN5O.C28H33N5O.C22H29N5O/c1-18-15-22(9-10-24(18)29)33-13-11-21(12-14-33)30-27-32-26(31-25-16-23(35)17-34(25)27)19-5-7-20(8-6-19)28(2,3)4;1-18-15-22(9-10-24(18)29)30-21-11-13-33(14-12-21)27-32-26(31-25-16-23(35)17-34(25)27)19-5-7-20(8-6-19)28(2,3)4;1-28(2,3)22-11-9-21(10-12-22)26-30-25-17-24(34)19-33(25)27(31-26)29-23-13-15-32(16-14-23)18-20-7-5-4-6-8-20;1-22(2,3)16-7-5-15(6-8-16)20-24-19-13-18(28)14-27(19)21(25-20)23-17-9-11-26(4)12-10-17/h5-10,15-16,21,35H,11-14,17H2,1-4H3;5-10,15-16,21,30H,11-14,17H2,1-4H3;4-12,17,23,34H,13-16,18-19H2,1-3H3;5-8,13,17,28H,9-12,14H2,1-4H3. The molecular formula is C106H126Cl2N20O4. The Kier molecular flexibility index (Phi) is 27.9. The number of likely N-dealkylation sites (tertiary alicyclic amines) is 3. The molecule has 132 heavy (non-hydrogen) atoms. The van der Waals surface area contributed by atoms with Gasteiger partial charge in [-0.25, -0.2) is 34.9 Å². The van der Waals surface area contributed by atoms with Crippen molar-refractivity contribution in [2.24, 2.45) is 25.0 Å². The van der Waals surface area contributed by atoms with Crippen LogP contribution in [-0.4, -0.2) is 186 Å². The molecule has 9 aliphatic heterocycles. The maximum absolute atomic E-state index is 12.3. The molecule has 0 bridgehead atoms. The van der Waals surface area contributed by atoms with Gasteiger partial charge in [0.05, 0.1) is 44.3 Å². The van der Waals surface area contributed by atoms with E-state index >= 15 is 0 Å². The lowest BCUT2D eigenvalue weighted by Crippen LogP contribution is -2.50. The number of nitrogens with zero attached hydrogens (tertiary/aromatic N) is 19. The van der Waals surface area contributed by atoms with Gasteiger partial charge < -0.3 is 35.3 Å². The number of aryl methyl sites for hydroxylation is 2. The fourth-order valence-electron chi connectivity index (χ4n) is 17.7. The number of amidine groups is 1. The summed E-state index contributed by atoms with van der Waals surface area (Å²) in [6, 6.07) is 57.7. The Balaban J connectivity index is 0.000000129. The van der Waals surface area contributed by atoms with Crippen LogP contribution in [0.5, 0.6) is 0 Å². The summed E-state index contributed by atoms with van der Waals surface area (Å²) in [6.07, 6.45) is 14.7. The van der Waals surface area contributed by atoms with Crippen molar-refractivity contribution in [3.05, 3.63) is 282 Å². The third-order valence-corrected chi connectivity index (χ3v) is 26.8. The number of aliphatic hydroxyl groups excluding tert-OH is 3. The number of guanidine groups is 1. The molecule has 0 spiro atoms. The van der Waals surface area contributed by atoms with E-state index in [1.54, 1.807) is 24.3 Å². The smallest absolute Gasteiger partial charge is 0.229 e.